The zero-order valence-corrected chi connectivity index (χ0v) is 8.14. The number of hydrogen-bond donors (Lipinski definition) is 2. The van der Waals surface area contributed by atoms with Crippen molar-refractivity contribution < 1.29 is 4.42 Å². The van der Waals surface area contributed by atoms with Crippen LogP contribution in [0, 0.1) is 4.84 Å². The standard InChI is InChI=1S/C8H13N3OS/c9-6-3-1-5(2-4-6)7-10-11-8(13)12-7/h5-6H,1-4,9H2,(H,11,13). The summed E-state index contributed by atoms with van der Waals surface area (Å²) in [5.74, 6) is 1.16. The smallest absolute Gasteiger partial charge is 0.284 e. The van der Waals surface area contributed by atoms with Gasteiger partial charge in [-0.2, -0.15) is 0 Å². The van der Waals surface area contributed by atoms with Crippen LogP contribution in [0.2, 0.25) is 0 Å². The van der Waals surface area contributed by atoms with Crippen molar-refractivity contribution >= 4 is 12.2 Å². The molecule has 0 saturated heterocycles. The molecule has 3 N–H and O–H groups in total. The zero-order valence-electron chi connectivity index (χ0n) is 7.32. The molecule has 0 unspecified atom stereocenters. The highest BCUT2D eigenvalue weighted by Crippen LogP contribution is 2.30. The van der Waals surface area contributed by atoms with Crippen molar-refractivity contribution in [1.82, 2.24) is 10.2 Å². The zero-order chi connectivity index (χ0) is 9.26. The van der Waals surface area contributed by atoms with Crippen LogP contribution in [-0.4, -0.2) is 16.2 Å². The van der Waals surface area contributed by atoms with Gasteiger partial charge in [0, 0.05) is 12.0 Å². The predicted molar refractivity (Wildman–Crippen MR) is 50.9 cm³/mol. The van der Waals surface area contributed by atoms with Gasteiger partial charge in [0.05, 0.1) is 0 Å². The van der Waals surface area contributed by atoms with Crippen molar-refractivity contribution in [2.75, 3.05) is 0 Å². The molecule has 0 radical (unpaired) electrons. The lowest BCUT2D eigenvalue weighted by molar-refractivity contribution is 0.336. The third-order valence-corrected chi connectivity index (χ3v) is 2.75. The summed E-state index contributed by atoms with van der Waals surface area (Å²) in [5, 5.41) is 6.67. The van der Waals surface area contributed by atoms with Gasteiger partial charge in [0.15, 0.2) is 0 Å². The second-order valence-electron chi connectivity index (χ2n) is 3.56. The molecule has 0 spiro atoms. The van der Waals surface area contributed by atoms with Crippen molar-refractivity contribution in [1.29, 1.82) is 0 Å². The molecule has 0 aliphatic heterocycles. The summed E-state index contributed by atoms with van der Waals surface area (Å²) >= 11 is 4.82. The molecule has 13 heavy (non-hydrogen) atoms. The average molecular weight is 199 g/mol. The van der Waals surface area contributed by atoms with Crippen LogP contribution < -0.4 is 5.73 Å². The van der Waals surface area contributed by atoms with Gasteiger partial charge in [-0.3, -0.25) is 0 Å². The molecule has 5 heteroatoms. The molecular formula is C8H13N3OS. The van der Waals surface area contributed by atoms with Crippen LogP contribution in [0.5, 0.6) is 0 Å². The summed E-state index contributed by atoms with van der Waals surface area (Å²) in [6.45, 7) is 0. The molecule has 4 nitrogen and oxygen atoms in total. The van der Waals surface area contributed by atoms with Crippen molar-refractivity contribution in [3.05, 3.63) is 10.7 Å². The van der Waals surface area contributed by atoms with Gasteiger partial charge in [-0.15, -0.1) is 5.10 Å². The Morgan fingerprint density at radius 2 is 2.08 bits per heavy atom. The van der Waals surface area contributed by atoms with Crippen LogP contribution in [0.3, 0.4) is 0 Å². The Labute approximate surface area is 81.5 Å². The van der Waals surface area contributed by atoms with Crippen molar-refractivity contribution in [3.8, 4) is 0 Å². The fourth-order valence-corrected chi connectivity index (χ4v) is 1.91. The normalized spacial score (nSPS) is 29.0. The third kappa shape index (κ3) is 1.97. The van der Waals surface area contributed by atoms with Crippen LogP contribution in [0.4, 0.5) is 0 Å². The Balaban J connectivity index is 2.06. The molecule has 1 aromatic rings. The summed E-state index contributed by atoms with van der Waals surface area (Å²) in [6.07, 6.45) is 4.23. The molecule has 1 aliphatic carbocycles. The first-order valence-electron chi connectivity index (χ1n) is 4.56. The van der Waals surface area contributed by atoms with Crippen LogP contribution in [0.25, 0.3) is 0 Å². The summed E-state index contributed by atoms with van der Waals surface area (Å²) in [6, 6.07) is 0.359. The fourth-order valence-electron chi connectivity index (χ4n) is 1.78. The Bertz CT molecular complexity index is 324. The van der Waals surface area contributed by atoms with Gasteiger partial charge in [0.1, 0.15) is 0 Å². The number of nitrogens with one attached hydrogen (secondary N) is 1. The van der Waals surface area contributed by atoms with Gasteiger partial charge in [-0.25, -0.2) is 5.10 Å². The highest BCUT2D eigenvalue weighted by molar-refractivity contribution is 7.71. The van der Waals surface area contributed by atoms with Gasteiger partial charge in [0.2, 0.25) is 5.89 Å². The molecule has 0 bridgehead atoms. The van der Waals surface area contributed by atoms with Crippen LogP contribution in [0.15, 0.2) is 4.42 Å². The molecule has 2 rings (SSSR count). The van der Waals surface area contributed by atoms with E-state index in [0.717, 1.165) is 31.6 Å². The minimum Gasteiger partial charge on any atom is -0.414 e. The van der Waals surface area contributed by atoms with Crippen LogP contribution >= 0.6 is 12.2 Å². The van der Waals surface area contributed by atoms with Gasteiger partial charge in [-0.1, -0.05) is 0 Å². The van der Waals surface area contributed by atoms with E-state index in [-0.39, 0.29) is 0 Å². The summed E-state index contributed by atoms with van der Waals surface area (Å²) in [4.78, 5) is 0.366. The van der Waals surface area contributed by atoms with Gasteiger partial charge in [0.25, 0.3) is 4.84 Å². The second-order valence-corrected chi connectivity index (χ2v) is 3.93. The van der Waals surface area contributed by atoms with E-state index in [1.807, 2.05) is 0 Å². The van der Waals surface area contributed by atoms with Gasteiger partial charge >= 0.3 is 0 Å². The quantitative estimate of drug-likeness (QED) is 0.676. The molecule has 0 amide bonds. The number of nitrogens with zero attached hydrogens (tertiary/aromatic N) is 1. The maximum absolute atomic E-state index is 5.80. The minimum atomic E-state index is 0.359. The molecule has 1 heterocycles. The lowest BCUT2D eigenvalue weighted by Gasteiger charge is -2.23. The first-order valence-corrected chi connectivity index (χ1v) is 4.97. The average Bonchev–Trinajstić information content (AvgIpc) is 2.53. The SMILES string of the molecule is NC1CCC(c2n[nH]c(=S)o2)CC1. The van der Waals surface area contributed by atoms with Crippen molar-refractivity contribution in [2.24, 2.45) is 5.73 Å². The Hall–Kier alpha value is -0.680. The number of nitrogens with two attached hydrogens (primary N) is 1. The minimum absolute atomic E-state index is 0.359. The Morgan fingerprint density at radius 3 is 2.62 bits per heavy atom. The first kappa shape index (κ1) is 8.90. The lowest BCUT2D eigenvalue weighted by atomic mass is 9.86. The maximum atomic E-state index is 5.80. The molecule has 0 atom stereocenters. The third-order valence-electron chi connectivity index (χ3n) is 2.58. The molecule has 1 aliphatic rings. The van der Waals surface area contributed by atoms with E-state index in [4.69, 9.17) is 22.4 Å². The first-order chi connectivity index (χ1) is 6.25. The van der Waals surface area contributed by atoms with E-state index >= 15 is 0 Å². The summed E-state index contributed by atoms with van der Waals surface area (Å²) in [7, 11) is 0. The summed E-state index contributed by atoms with van der Waals surface area (Å²) < 4.78 is 5.27. The number of rotatable bonds is 1. The fraction of sp³-hybridized carbons (Fsp3) is 0.750. The summed E-state index contributed by atoms with van der Waals surface area (Å²) in [5.41, 5.74) is 5.80. The van der Waals surface area contributed by atoms with E-state index in [2.05, 4.69) is 10.2 Å². The van der Waals surface area contributed by atoms with Crippen molar-refractivity contribution in [2.45, 2.75) is 37.6 Å². The second kappa shape index (κ2) is 3.59. The molecule has 0 aromatic carbocycles. The number of hydrogen-bond acceptors (Lipinski definition) is 4. The van der Waals surface area contributed by atoms with Gasteiger partial charge < -0.3 is 10.2 Å². The Kier molecular flexibility index (Phi) is 2.46. The molecule has 1 fully saturated rings. The van der Waals surface area contributed by atoms with E-state index in [0.29, 0.717) is 16.8 Å². The number of H-pyrrole nitrogens is 1. The lowest BCUT2D eigenvalue weighted by Crippen LogP contribution is -2.25. The van der Waals surface area contributed by atoms with Crippen LogP contribution in [0.1, 0.15) is 37.5 Å². The highest BCUT2D eigenvalue weighted by Gasteiger charge is 2.23. The van der Waals surface area contributed by atoms with Crippen molar-refractivity contribution in [3.63, 3.8) is 0 Å². The molecule has 1 saturated carbocycles. The van der Waals surface area contributed by atoms with Crippen LogP contribution in [-0.2, 0) is 0 Å². The number of aromatic nitrogens is 2. The van der Waals surface area contributed by atoms with E-state index in [9.17, 15) is 0 Å². The van der Waals surface area contributed by atoms with E-state index in [1.54, 1.807) is 0 Å². The number of aromatic amines is 1. The topological polar surface area (TPSA) is 67.8 Å². The predicted octanol–water partition coefficient (Wildman–Crippen LogP) is 1.72. The molecule has 72 valence electrons. The van der Waals surface area contributed by atoms with E-state index in [1.165, 1.54) is 0 Å². The molecular weight excluding hydrogens is 186 g/mol. The highest BCUT2D eigenvalue weighted by atomic mass is 32.1. The molecule has 1 aromatic heterocycles. The van der Waals surface area contributed by atoms with Gasteiger partial charge in [-0.05, 0) is 37.9 Å². The monoisotopic (exact) mass is 199 g/mol. The Morgan fingerprint density at radius 1 is 1.38 bits per heavy atom. The maximum Gasteiger partial charge on any atom is 0.284 e. The largest absolute Gasteiger partial charge is 0.414 e. The van der Waals surface area contributed by atoms with E-state index < -0.39 is 0 Å².